The van der Waals surface area contributed by atoms with Crippen molar-refractivity contribution in [2.75, 3.05) is 14.2 Å². The molecule has 39 heavy (non-hydrogen) atoms. The van der Waals surface area contributed by atoms with Gasteiger partial charge in [-0.3, -0.25) is 9.36 Å². The molecule has 0 aliphatic carbocycles. The molecule has 2 aromatic heterocycles. The monoisotopic (exact) mass is 543 g/mol. The van der Waals surface area contributed by atoms with Crippen LogP contribution < -0.4 is 19.8 Å². The lowest BCUT2D eigenvalue weighted by Crippen LogP contribution is -2.21. The maximum Gasteiger partial charge on any atom is 0.266 e. The van der Waals surface area contributed by atoms with Crippen molar-refractivity contribution >= 4 is 22.7 Å². The smallest absolute Gasteiger partial charge is 0.266 e. The molecule has 9 heteroatoms. The van der Waals surface area contributed by atoms with Crippen LogP contribution in [0.15, 0.2) is 81.1 Å². The molecule has 0 saturated heterocycles. The average Bonchev–Trinajstić information content (AvgIpc) is 3.32. The molecule has 0 N–H and O–H groups in total. The molecule has 0 aliphatic heterocycles. The van der Waals surface area contributed by atoms with Crippen LogP contribution in [-0.2, 0) is 5.75 Å². The molecular weight excluding hydrogens is 514 g/mol. The first-order chi connectivity index (χ1) is 18.9. The topological polar surface area (TPSA) is 88.6 Å². The fraction of sp³-hybridized carbons (Fsp3) is 0.233. The Hall–Kier alpha value is -4.24. The molecule has 3 aromatic carbocycles. The zero-order valence-electron chi connectivity index (χ0n) is 22.4. The Morgan fingerprint density at radius 2 is 1.69 bits per heavy atom. The van der Waals surface area contributed by atoms with Gasteiger partial charge in [-0.25, -0.2) is 9.97 Å². The van der Waals surface area contributed by atoms with Crippen LogP contribution in [-0.4, -0.2) is 34.9 Å². The Bertz CT molecular complexity index is 1680. The Labute approximate surface area is 230 Å². The second-order valence-corrected chi connectivity index (χ2v) is 10.0. The van der Waals surface area contributed by atoms with Gasteiger partial charge in [-0.1, -0.05) is 23.9 Å². The van der Waals surface area contributed by atoms with Gasteiger partial charge >= 0.3 is 0 Å². The van der Waals surface area contributed by atoms with Gasteiger partial charge < -0.3 is 18.6 Å². The first-order valence-electron chi connectivity index (χ1n) is 12.5. The molecule has 5 aromatic rings. The Morgan fingerprint density at radius 3 is 2.41 bits per heavy atom. The van der Waals surface area contributed by atoms with Crippen LogP contribution in [0.1, 0.15) is 25.3 Å². The van der Waals surface area contributed by atoms with E-state index in [1.807, 2.05) is 69.3 Å². The van der Waals surface area contributed by atoms with Gasteiger partial charge in [-0.05, 0) is 69.3 Å². The van der Waals surface area contributed by atoms with Gasteiger partial charge in [-0.2, -0.15) is 0 Å². The highest BCUT2D eigenvalue weighted by atomic mass is 32.2. The largest absolute Gasteiger partial charge is 0.493 e. The summed E-state index contributed by atoms with van der Waals surface area (Å²) in [5.74, 6) is 3.59. The van der Waals surface area contributed by atoms with Gasteiger partial charge in [0.05, 0.1) is 42.6 Å². The SMILES string of the molecule is COc1ccc(-n2c(SCc3nc(-c4ccc(OC(C)C)cc4)oc3C)nc3ccccc3c2=O)cc1OC. The van der Waals surface area contributed by atoms with Crippen molar-refractivity contribution in [1.82, 2.24) is 14.5 Å². The van der Waals surface area contributed by atoms with Gasteiger partial charge in [0.25, 0.3) is 5.56 Å². The van der Waals surface area contributed by atoms with Crippen molar-refractivity contribution in [2.45, 2.75) is 37.8 Å². The molecule has 2 heterocycles. The summed E-state index contributed by atoms with van der Waals surface area (Å²) in [6, 6.07) is 20.4. The van der Waals surface area contributed by atoms with Gasteiger partial charge in [0.2, 0.25) is 5.89 Å². The summed E-state index contributed by atoms with van der Waals surface area (Å²) in [7, 11) is 3.14. The maximum absolute atomic E-state index is 13.7. The second-order valence-electron chi connectivity index (χ2n) is 9.09. The Morgan fingerprint density at radius 1 is 0.949 bits per heavy atom. The van der Waals surface area contributed by atoms with Gasteiger partial charge in [0.15, 0.2) is 16.7 Å². The lowest BCUT2D eigenvalue weighted by atomic mass is 10.2. The van der Waals surface area contributed by atoms with E-state index in [2.05, 4.69) is 0 Å². The van der Waals surface area contributed by atoms with E-state index >= 15 is 0 Å². The quantitative estimate of drug-likeness (QED) is 0.155. The van der Waals surface area contributed by atoms with E-state index in [1.165, 1.54) is 11.8 Å². The molecule has 0 fully saturated rings. The molecule has 0 spiro atoms. The van der Waals surface area contributed by atoms with Crippen LogP contribution in [0.25, 0.3) is 28.0 Å². The fourth-order valence-corrected chi connectivity index (χ4v) is 5.18. The lowest BCUT2D eigenvalue weighted by molar-refractivity contribution is 0.242. The molecule has 5 rings (SSSR count). The van der Waals surface area contributed by atoms with Crippen molar-refractivity contribution in [3.63, 3.8) is 0 Å². The van der Waals surface area contributed by atoms with E-state index in [-0.39, 0.29) is 11.7 Å². The highest BCUT2D eigenvalue weighted by Gasteiger charge is 2.18. The van der Waals surface area contributed by atoms with E-state index in [1.54, 1.807) is 37.0 Å². The number of aromatic nitrogens is 3. The zero-order valence-corrected chi connectivity index (χ0v) is 23.2. The third kappa shape index (κ3) is 5.49. The summed E-state index contributed by atoms with van der Waals surface area (Å²) in [6.45, 7) is 5.87. The average molecular weight is 544 g/mol. The highest BCUT2D eigenvalue weighted by molar-refractivity contribution is 7.98. The van der Waals surface area contributed by atoms with E-state index in [9.17, 15) is 4.79 Å². The third-order valence-electron chi connectivity index (χ3n) is 6.07. The van der Waals surface area contributed by atoms with Crippen LogP contribution in [0.3, 0.4) is 0 Å². The molecule has 0 atom stereocenters. The van der Waals surface area contributed by atoms with Crippen molar-refractivity contribution in [1.29, 1.82) is 0 Å². The molecule has 0 bridgehead atoms. The van der Waals surface area contributed by atoms with Gasteiger partial charge in [-0.15, -0.1) is 0 Å². The third-order valence-corrected chi connectivity index (χ3v) is 7.02. The summed E-state index contributed by atoms with van der Waals surface area (Å²) in [5, 5.41) is 1.06. The predicted octanol–water partition coefficient (Wildman–Crippen LogP) is 6.45. The zero-order chi connectivity index (χ0) is 27.5. The van der Waals surface area contributed by atoms with Crippen LogP contribution in [0.2, 0.25) is 0 Å². The number of rotatable bonds is 9. The number of nitrogens with zero attached hydrogens (tertiary/aromatic N) is 3. The lowest BCUT2D eigenvalue weighted by Gasteiger charge is -2.15. The molecule has 200 valence electrons. The van der Waals surface area contributed by atoms with E-state index in [4.69, 9.17) is 28.6 Å². The number of oxazole rings is 1. The van der Waals surface area contributed by atoms with E-state index in [0.717, 1.165) is 17.0 Å². The van der Waals surface area contributed by atoms with Crippen molar-refractivity contribution < 1.29 is 18.6 Å². The molecule has 0 saturated carbocycles. The number of thioether (sulfide) groups is 1. The molecule has 0 amide bonds. The Kier molecular flexibility index (Phi) is 7.60. The molecule has 8 nitrogen and oxygen atoms in total. The van der Waals surface area contributed by atoms with Crippen LogP contribution in [0.4, 0.5) is 0 Å². The molecular formula is C30H29N3O5S. The summed E-state index contributed by atoms with van der Waals surface area (Å²) in [5.41, 5.74) is 2.72. The number of hydrogen-bond acceptors (Lipinski definition) is 8. The molecule has 0 aliphatic rings. The minimum Gasteiger partial charge on any atom is -0.493 e. The number of ether oxygens (including phenoxy) is 3. The van der Waals surface area contributed by atoms with Crippen molar-refractivity contribution in [2.24, 2.45) is 0 Å². The minimum atomic E-state index is -0.170. The molecule has 0 unspecified atom stereocenters. The predicted molar refractivity (Wildman–Crippen MR) is 152 cm³/mol. The molecule has 0 radical (unpaired) electrons. The van der Waals surface area contributed by atoms with Crippen molar-refractivity contribution in [3.8, 4) is 34.4 Å². The highest BCUT2D eigenvalue weighted by Crippen LogP contribution is 2.32. The van der Waals surface area contributed by atoms with Crippen LogP contribution in [0, 0.1) is 6.92 Å². The second kappa shape index (κ2) is 11.2. The maximum atomic E-state index is 13.7. The summed E-state index contributed by atoms with van der Waals surface area (Å²) in [4.78, 5) is 23.2. The van der Waals surface area contributed by atoms with Crippen molar-refractivity contribution in [3.05, 3.63) is 88.5 Å². The normalized spacial score (nSPS) is 11.2. The number of aryl methyl sites for hydroxylation is 1. The Balaban J connectivity index is 1.49. The number of benzene rings is 3. The van der Waals surface area contributed by atoms with Gasteiger partial charge in [0, 0.05) is 17.4 Å². The standard InChI is InChI=1S/C30H29N3O5S/c1-18(2)37-22-13-10-20(11-14-22)28-31-25(19(3)38-28)17-39-30-32-24-9-7-6-8-23(24)29(34)33(30)21-12-15-26(35-4)27(16-21)36-5/h6-16,18H,17H2,1-5H3. The number of para-hydroxylation sites is 1. The number of fused-ring (bicyclic) bond motifs is 1. The summed E-state index contributed by atoms with van der Waals surface area (Å²) < 4.78 is 24.2. The minimum absolute atomic E-state index is 0.101. The van der Waals surface area contributed by atoms with E-state index < -0.39 is 0 Å². The van der Waals surface area contributed by atoms with Gasteiger partial charge in [0.1, 0.15) is 11.5 Å². The van der Waals surface area contributed by atoms with Crippen LogP contribution in [0.5, 0.6) is 17.2 Å². The van der Waals surface area contributed by atoms with E-state index in [0.29, 0.717) is 50.6 Å². The van der Waals surface area contributed by atoms with Crippen LogP contribution >= 0.6 is 11.8 Å². The fourth-order valence-electron chi connectivity index (χ4n) is 4.17. The first kappa shape index (κ1) is 26.4. The summed E-state index contributed by atoms with van der Waals surface area (Å²) in [6.07, 6.45) is 0.101. The number of hydrogen-bond donors (Lipinski definition) is 0. The first-order valence-corrected chi connectivity index (χ1v) is 13.5. The number of methoxy groups -OCH3 is 2. The summed E-state index contributed by atoms with van der Waals surface area (Å²) >= 11 is 1.42.